The van der Waals surface area contributed by atoms with Gasteiger partial charge in [0.2, 0.25) is 11.8 Å². The first-order chi connectivity index (χ1) is 12.7. The highest BCUT2D eigenvalue weighted by Crippen LogP contribution is 2.25. The number of hydrogen-bond acceptors (Lipinski definition) is 2. The quantitative estimate of drug-likeness (QED) is 0.812. The van der Waals surface area contributed by atoms with Crippen LogP contribution in [0, 0.1) is 0 Å². The molecule has 0 aliphatic carbocycles. The maximum atomic E-state index is 12.3. The van der Waals surface area contributed by atoms with Crippen molar-refractivity contribution >= 4 is 17.5 Å². The van der Waals surface area contributed by atoms with E-state index in [4.69, 9.17) is 0 Å². The Kier molecular flexibility index (Phi) is 6.78. The molecule has 0 heterocycles. The molecule has 0 spiro atoms. The van der Waals surface area contributed by atoms with Gasteiger partial charge in [-0.2, -0.15) is 0 Å². The highest BCUT2D eigenvalue weighted by molar-refractivity contribution is 5.92. The molecule has 0 aliphatic heterocycles. The van der Waals surface area contributed by atoms with Crippen LogP contribution in [0.25, 0.3) is 0 Å². The molecular formula is C23H30N2O2. The van der Waals surface area contributed by atoms with Crippen molar-refractivity contribution < 1.29 is 9.59 Å². The summed E-state index contributed by atoms with van der Waals surface area (Å²) < 4.78 is 0. The summed E-state index contributed by atoms with van der Waals surface area (Å²) in [5.41, 5.74) is 3.16. The Morgan fingerprint density at radius 1 is 1.00 bits per heavy atom. The van der Waals surface area contributed by atoms with Crippen molar-refractivity contribution in [2.24, 2.45) is 0 Å². The van der Waals surface area contributed by atoms with Crippen LogP contribution in [0.2, 0.25) is 0 Å². The maximum Gasteiger partial charge on any atom is 0.223 e. The van der Waals surface area contributed by atoms with Gasteiger partial charge in [0, 0.05) is 25.6 Å². The van der Waals surface area contributed by atoms with Gasteiger partial charge in [0.25, 0.3) is 0 Å². The number of hydrogen-bond donors (Lipinski definition) is 1. The smallest absolute Gasteiger partial charge is 0.223 e. The van der Waals surface area contributed by atoms with E-state index in [1.165, 1.54) is 12.5 Å². The third-order valence-electron chi connectivity index (χ3n) is 4.66. The molecule has 0 bridgehead atoms. The molecule has 0 aliphatic rings. The number of nitrogens with zero attached hydrogens (tertiary/aromatic N) is 1. The molecule has 0 aromatic heterocycles. The zero-order valence-corrected chi connectivity index (χ0v) is 17.0. The summed E-state index contributed by atoms with van der Waals surface area (Å²) >= 11 is 0. The number of carbonyl (C=O) groups excluding carboxylic acids is 2. The first-order valence-corrected chi connectivity index (χ1v) is 9.41. The van der Waals surface area contributed by atoms with Crippen LogP contribution in [0.3, 0.4) is 0 Å². The molecule has 2 aromatic carbocycles. The van der Waals surface area contributed by atoms with E-state index in [1.807, 2.05) is 61.5 Å². The van der Waals surface area contributed by atoms with Crippen LogP contribution < -0.4 is 10.2 Å². The van der Waals surface area contributed by atoms with Crippen molar-refractivity contribution in [2.45, 2.75) is 52.5 Å². The van der Waals surface area contributed by atoms with Gasteiger partial charge in [-0.15, -0.1) is 0 Å². The van der Waals surface area contributed by atoms with Crippen molar-refractivity contribution in [3.63, 3.8) is 0 Å². The molecule has 1 atom stereocenters. The van der Waals surface area contributed by atoms with Crippen molar-refractivity contribution in [1.82, 2.24) is 5.32 Å². The van der Waals surface area contributed by atoms with E-state index in [1.54, 1.807) is 4.90 Å². The minimum atomic E-state index is -0.0672. The lowest BCUT2D eigenvalue weighted by Gasteiger charge is -2.24. The van der Waals surface area contributed by atoms with Gasteiger partial charge in [-0.25, -0.2) is 0 Å². The molecule has 4 heteroatoms. The van der Waals surface area contributed by atoms with Crippen molar-refractivity contribution in [3.05, 3.63) is 65.7 Å². The van der Waals surface area contributed by atoms with Gasteiger partial charge in [0.1, 0.15) is 0 Å². The molecule has 0 saturated heterocycles. The SMILES string of the molecule is CC(=O)N(CCC(=O)NC(C)c1ccccc1)c1ccc(C(C)(C)C)cc1. The van der Waals surface area contributed by atoms with Crippen LogP contribution in [0.1, 0.15) is 58.2 Å². The molecule has 4 nitrogen and oxygen atoms in total. The van der Waals surface area contributed by atoms with Crippen LogP contribution in [-0.4, -0.2) is 18.4 Å². The second-order valence-corrected chi connectivity index (χ2v) is 7.92. The fraction of sp³-hybridized carbons (Fsp3) is 0.391. The number of benzene rings is 2. The monoisotopic (exact) mass is 366 g/mol. The molecule has 144 valence electrons. The lowest BCUT2D eigenvalue weighted by molar-refractivity contribution is -0.121. The Hall–Kier alpha value is -2.62. The average Bonchev–Trinajstić information content (AvgIpc) is 2.62. The Balaban J connectivity index is 1.98. The van der Waals surface area contributed by atoms with E-state index in [9.17, 15) is 9.59 Å². The highest BCUT2D eigenvalue weighted by atomic mass is 16.2. The van der Waals surface area contributed by atoms with Gasteiger partial charge in [0.05, 0.1) is 6.04 Å². The number of amides is 2. The van der Waals surface area contributed by atoms with E-state index < -0.39 is 0 Å². The van der Waals surface area contributed by atoms with Crippen molar-refractivity contribution in [3.8, 4) is 0 Å². The van der Waals surface area contributed by atoms with Crippen LogP contribution in [0.15, 0.2) is 54.6 Å². The summed E-state index contributed by atoms with van der Waals surface area (Å²) in [6.45, 7) is 10.3. The van der Waals surface area contributed by atoms with Crippen molar-refractivity contribution in [2.75, 3.05) is 11.4 Å². The van der Waals surface area contributed by atoms with Crippen LogP contribution in [-0.2, 0) is 15.0 Å². The van der Waals surface area contributed by atoms with Gasteiger partial charge in [-0.05, 0) is 35.6 Å². The fourth-order valence-electron chi connectivity index (χ4n) is 2.96. The summed E-state index contributed by atoms with van der Waals surface area (Å²) in [6.07, 6.45) is 0.262. The Bertz CT molecular complexity index is 761. The summed E-state index contributed by atoms with van der Waals surface area (Å²) in [4.78, 5) is 26.1. The van der Waals surface area contributed by atoms with Crippen LogP contribution >= 0.6 is 0 Å². The van der Waals surface area contributed by atoms with E-state index >= 15 is 0 Å². The van der Waals surface area contributed by atoms with E-state index in [2.05, 4.69) is 26.1 Å². The summed E-state index contributed by atoms with van der Waals surface area (Å²) in [5.74, 6) is -0.133. The van der Waals surface area contributed by atoms with E-state index in [0.29, 0.717) is 6.54 Å². The summed E-state index contributed by atoms with van der Waals surface area (Å²) in [7, 11) is 0. The predicted octanol–water partition coefficient (Wildman–Crippen LogP) is 4.60. The third kappa shape index (κ3) is 5.95. The second-order valence-electron chi connectivity index (χ2n) is 7.92. The molecular weight excluding hydrogens is 336 g/mol. The first kappa shape index (κ1) is 20.7. The van der Waals surface area contributed by atoms with Gasteiger partial charge >= 0.3 is 0 Å². The zero-order valence-electron chi connectivity index (χ0n) is 17.0. The number of anilines is 1. The Morgan fingerprint density at radius 3 is 2.11 bits per heavy atom. The highest BCUT2D eigenvalue weighted by Gasteiger charge is 2.17. The largest absolute Gasteiger partial charge is 0.350 e. The third-order valence-corrected chi connectivity index (χ3v) is 4.66. The Labute approximate surface area is 162 Å². The zero-order chi connectivity index (χ0) is 20.0. The van der Waals surface area contributed by atoms with Gasteiger partial charge in [0.15, 0.2) is 0 Å². The lowest BCUT2D eigenvalue weighted by atomic mass is 9.87. The van der Waals surface area contributed by atoms with Crippen LogP contribution in [0.5, 0.6) is 0 Å². The molecule has 0 fully saturated rings. The average molecular weight is 367 g/mol. The summed E-state index contributed by atoms with van der Waals surface area (Å²) in [5, 5.41) is 2.99. The maximum absolute atomic E-state index is 12.3. The molecule has 1 N–H and O–H groups in total. The lowest BCUT2D eigenvalue weighted by Crippen LogP contribution is -2.34. The second kappa shape index (κ2) is 8.85. The topological polar surface area (TPSA) is 49.4 Å². The standard InChI is InChI=1S/C23H30N2O2/c1-17(19-9-7-6-8-10-19)24-22(27)15-16-25(18(2)26)21-13-11-20(12-14-21)23(3,4)5/h6-14,17H,15-16H2,1-5H3,(H,24,27). The number of rotatable bonds is 6. The predicted molar refractivity (Wildman–Crippen MR) is 111 cm³/mol. The molecule has 27 heavy (non-hydrogen) atoms. The van der Waals surface area contributed by atoms with Gasteiger partial charge < -0.3 is 10.2 Å². The fourth-order valence-corrected chi connectivity index (χ4v) is 2.96. The van der Waals surface area contributed by atoms with Crippen molar-refractivity contribution in [1.29, 1.82) is 0 Å². The van der Waals surface area contributed by atoms with E-state index in [0.717, 1.165) is 11.3 Å². The van der Waals surface area contributed by atoms with Gasteiger partial charge in [-0.3, -0.25) is 9.59 Å². The Morgan fingerprint density at radius 2 is 1.59 bits per heavy atom. The minimum Gasteiger partial charge on any atom is -0.350 e. The van der Waals surface area contributed by atoms with E-state index in [-0.39, 0.29) is 29.7 Å². The molecule has 0 radical (unpaired) electrons. The van der Waals surface area contributed by atoms with Gasteiger partial charge in [-0.1, -0.05) is 63.2 Å². The number of nitrogens with one attached hydrogen (secondary N) is 1. The first-order valence-electron chi connectivity index (χ1n) is 9.41. The van der Waals surface area contributed by atoms with Crippen LogP contribution in [0.4, 0.5) is 5.69 Å². The molecule has 2 rings (SSSR count). The molecule has 1 unspecified atom stereocenters. The number of carbonyl (C=O) groups is 2. The molecule has 2 amide bonds. The molecule has 0 saturated carbocycles. The molecule has 2 aromatic rings. The normalized spacial score (nSPS) is 12.3. The summed E-state index contributed by atoms with van der Waals surface area (Å²) in [6, 6.07) is 17.8. The minimum absolute atomic E-state index is 0.0597.